The molecule has 0 saturated heterocycles. The highest BCUT2D eigenvalue weighted by Crippen LogP contribution is 2.31. The van der Waals surface area contributed by atoms with Crippen molar-refractivity contribution in [1.82, 2.24) is 4.98 Å². The molecule has 4 heteroatoms. The van der Waals surface area contributed by atoms with Gasteiger partial charge in [-0.1, -0.05) is 26.0 Å². The van der Waals surface area contributed by atoms with Crippen molar-refractivity contribution in [3.63, 3.8) is 0 Å². The van der Waals surface area contributed by atoms with Gasteiger partial charge in [-0.25, -0.2) is 0 Å². The number of aliphatic carboxylic acids is 1. The first-order chi connectivity index (χ1) is 7.90. The summed E-state index contributed by atoms with van der Waals surface area (Å²) in [7, 11) is 0. The van der Waals surface area contributed by atoms with Gasteiger partial charge in [-0.2, -0.15) is 0 Å². The van der Waals surface area contributed by atoms with Crippen LogP contribution in [0.15, 0.2) is 28.9 Å². The number of halogens is 1. The maximum Gasteiger partial charge on any atom is 0.304 e. The Morgan fingerprint density at radius 2 is 2.18 bits per heavy atom. The number of carboxylic acids is 1. The second kappa shape index (κ2) is 4.18. The predicted octanol–water partition coefficient (Wildman–Crippen LogP) is 3.68. The van der Waals surface area contributed by atoms with E-state index in [1.54, 1.807) is 0 Å². The number of hydrogen-bond acceptors (Lipinski definition) is 1. The third-order valence-corrected chi connectivity index (χ3v) is 3.66. The van der Waals surface area contributed by atoms with Gasteiger partial charge in [-0.3, -0.25) is 4.79 Å². The van der Waals surface area contributed by atoms with E-state index in [0.29, 0.717) is 0 Å². The average molecular weight is 296 g/mol. The van der Waals surface area contributed by atoms with Gasteiger partial charge >= 0.3 is 5.97 Å². The van der Waals surface area contributed by atoms with Gasteiger partial charge in [0.2, 0.25) is 0 Å². The van der Waals surface area contributed by atoms with Gasteiger partial charge in [0.15, 0.2) is 0 Å². The molecule has 2 aromatic rings. The molecule has 0 saturated carbocycles. The van der Waals surface area contributed by atoms with Crippen LogP contribution in [0.25, 0.3) is 10.9 Å². The van der Waals surface area contributed by atoms with Crippen molar-refractivity contribution in [2.75, 3.05) is 0 Å². The number of aromatic amines is 1. The van der Waals surface area contributed by atoms with Gasteiger partial charge in [0.05, 0.1) is 6.42 Å². The first-order valence-electron chi connectivity index (χ1n) is 5.39. The van der Waals surface area contributed by atoms with E-state index < -0.39 is 5.97 Å². The summed E-state index contributed by atoms with van der Waals surface area (Å²) >= 11 is 3.46. The lowest BCUT2D eigenvalue weighted by Crippen LogP contribution is -2.21. The van der Waals surface area contributed by atoms with Crippen LogP contribution in [-0.2, 0) is 10.2 Å². The summed E-state index contributed by atoms with van der Waals surface area (Å²) < 4.78 is 1.02. The van der Waals surface area contributed by atoms with Crippen molar-refractivity contribution in [2.45, 2.75) is 25.7 Å². The Balaban J connectivity index is 2.45. The topological polar surface area (TPSA) is 53.1 Å². The van der Waals surface area contributed by atoms with Gasteiger partial charge in [0, 0.05) is 27.0 Å². The van der Waals surface area contributed by atoms with Crippen molar-refractivity contribution < 1.29 is 9.90 Å². The van der Waals surface area contributed by atoms with E-state index in [1.165, 1.54) is 0 Å². The standard InChI is InChI=1S/C13H14BrNO2/c1-13(2,6-12(16)17)8-3-4-9-10(14)7-15-11(9)5-8/h3-5,7,15H,6H2,1-2H3,(H,16,17). The summed E-state index contributed by atoms with van der Waals surface area (Å²) in [4.78, 5) is 14.0. The van der Waals surface area contributed by atoms with Crippen LogP contribution in [0.1, 0.15) is 25.8 Å². The van der Waals surface area contributed by atoms with Gasteiger partial charge in [-0.05, 0) is 27.6 Å². The Labute approximate surface area is 108 Å². The van der Waals surface area contributed by atoms with Crippen LogP contribution >= 0.6 is 15.9 Å². The predicted molar refractivity (Wildman–Crippen MR) is 71.3 cm³/mol. The molecule has 2 rings (SSSR count). The molecule has 2 N–H and O–H groups in total. The molecule has 17 heavy (non-hydrogen) atoms. The Morgan fingerprint density at radius 1 is 1.47 bits per heavy atom. The Morgan fingerprint density at radius 3 is 2.82 bits per heavy atom. The summed E-state index contributed by atoms with van der Waals surface area (Å²) in [6.07, 6.45) is 2.01. The van der Waals surface area contributed by atoms with Crippen LogP contribution in [0.4, 0.5) is 0 Å². The van der Waals surface area contributed by atoms with Crippen LogP contribution in [-0.4, -0.2) is 16.1 Å². The fourth-order valence-electron chi connectivity index (χ4n) is 1.99. The molecule has 0 radical (unpaired) electrons. The van der Waals surface area contributed by atoms with E-state index in [2.05, 4.69) is 20.9 Å². The van der Waals surface area contributed by atoms with E-state index >= 15 is 0 Å². The van der Waals surface area contributed by atoms with Crippen molar-refractivity contribution in [3.05, 3.63) is 34.4 Å². The summed E-state index contributed by atoms with van der Waals surface area (Å²) in [6, 6.07) is 6.02. The van der Waals surface area contributed by atoms with E-state index in [1.807, 2.05) is 38.2 Å². The maximum atomic E-state index is 10.8. The minimum Gasteiger partial charge on any atom is -0.481 e. The summed E-state index contributed by atoms with van der Waals surface area (Å²) in [5, 5.41) is 10.0. The zero-order chi connectivity index (χ0) is 12.6. The fourth-order valence-corrected chi connectivity index (χ4v) is 2.45. The smallest absolute Gasteiger partial charge is 0.304 e. The maximum absolute atomic E-state index is 10.8. The quantitative estimate of drug-likeness (QED) is 0.907. The van der Waals surface area contributed by atoms with Crippen LogP contribution in [0.2, 0.25) is 0 Å². The molecule has 0 aliphatic carbocycles. The molecule has 0 fully saturated rings. The molecule has 1 aromatic heterocycles. The second-order valence-corrected chi connectivity index (χ2v) is 5.71. The number of nitrogens with one attached hydrogen (secondary N) is 1. The molecule has 90 valence electrons. The SMILES string of the molecule is CC(C)(CC(=O)O)c1ccc2c(Br)c[nH]c2c1. The third-order valence-electron chi connectivity index (χ3n) is 3.01. The summed E-state index contributed by atoms with van der Waals surface area (Å²) in [5.74, 6) is -0.775. The van der Waals surface area contributed by atoms with Crippen LogP contribution in [0.5, 0.6) is 0 Å². The third kappa shape index (κ3) is 2.36. The lowest BCUT2D eigenvalue weighted by Gasteiger charge is -2.23. The van der Waals surface area contributed by atoms with Crippen LogP contribution in [0.3, 0.4) is 0 Å². The Hall–Kier alpha value is -1.29. The molecule has 3 nitrogen and oxygen atoms in total. The van der Waals surface area contributed by atoms with Gasteiger partial charge < -0.3 is 10.1 Å². The van der Waals surface area contributed by atoms with E-state index in [-0.39, 0.29) is 11.8 Å². The molecule has 0 spiro atoms. The first kappa shape index (κ1) is 12.2. The molecular weight excluding hydrogens is 282 g/mol. The molecular formula is C13H14BrNO2. The lowest BCUT2D eigenvalue weighted by molar-refractivity contribution is -0.138. The largest absolute Gasteiger partial charge is 0.481 e. The summed E-state index contributed by atoms with van der Waals surface area (Å²) in [6.45, 7) is 3.89. The number of aromatic nitrogens is 1. The van der Waals surface area contributed by atoms with Gasteiger partial charge in [0.1, 0.15) is 0 Å². The van der Waals surface area contributed by atoms with E-state index in [0.717, 1.165) is 20.9 Å². The molecule has 0 unspecified atom stereocenters. The molecule has 1 aromatic carbocycles. The monoisotopic (exact) mass is 295 g/mol. The summed E-state index contributed by atoms with van der Waals surface area (Å²) in [5.41, 5.74) is 1.69. The number of H-pyrrole nitrogens is 1. The Bertz CT molecular complexity index is 572. The van der Waals surface area contributed by atoms with Crippen molar-refractivity contribution >= 4 is 32.8 Å². The average Bonchev–Trinajstić information content (AvgIpc) is 2.58. The number of hydrogen-bond donors (Lipinski definition) is 2. The molecule has 1 heterocycles. The van der Waals surface area contributed by atoms with Gasteiger partial charge in [-0.15, -0.1) is 0 Å². The molecule has 0 aliphatic heterocycles. The number of carbonyl (C=O) groups is 1. The highest BCUT2D eigenvalue weighted by Gasteiger charge is 2.24. The minimum absolute atomic E-state index is 0.125. The van der Waals surface area contributed by atoms with Crippen molar-refractivity contribution in [2.24, 2.45) is 0 Å². The zero-order valence-electron chi connectivity index (χ0n) is 9.75. The van der Waals surface area contributed by atoms with Crippen LogP contribution < -0.4 is 0 Å². The van der Waals surface area contributed by atoms with E-state index in [4.69, 9.17) is 5.11 Å². The number of carboxylic acid groups (broad SMARTS) is 1. The van der Waals surface area contributed by atoms with E-state index in [9.17, 15) is 4.79 Å². The van der Waals surface area contributed by atoms with Crippen molar-refractivity contribution in [3.8, 4) is 0 Å². The first-order valence-corrected chi connectivity index (χ1v) is 6.18. The second-order valence-electron chi connectivity index (χ2n) is 4.85. The molecule has 0 aliphatic rings. The molecule has 0 bridgehead atoms. The highest BCUT2D eigenvalue weighted by molar-refractivity contribution is 9.10. The normalized spacial score (nSPS) is 11.9. The zero-order valence-corrected chi connectivity index (χ0v) is 11.3. The molecule has 0 atom stereocenters. The molecule has 0 amide bonds. The lowest BCUT2D eigenvalue weighted by atomic mass is 9.81. The Kier molecular flexibility index (Phi) is 3.00. The number of benzene rings is 1. The highest BCUT2D eigenvalue weighted by atomic mass is 79.9. The van der Waals surface area contributed by atoms with Crippen molar-refractivity contribution in [1.29, 1.82) is 0 Å². The minimum atomic E-state index is -0.775. The number of rotatable bonds is 3. The fraction of sp³-hybridized carbons (Fsp3) is 0.308. The van der Waals surface area contributed by atoms with Crippen LogP contribution in [0, 0.1) is 0 Å². The number of fused-ring (bicyclic) bond motifs is 1. The van der Waals surface area contributed by atoms with Gasteiger partial charge in [0.25, 0.3) is 0 Å².